The van der Waals surface area contributed by atoms with Gasteiger partial charge in [-0.15, -0.1) is 0 Å². The van der Waals surface area contributed by atoms with Crippen LogP contribution in [0.15, 0.2) is 18.3 Å². The number of aliphatic carboxylic acids is 1. The number of carbonyl (C=O) groups excluding carboxylic acids is 1. The Labute approximate surface area is 123 Å². The van der Waals surface area contributed by atoms with Crippen molar-refractivity contribution in [2.24, 2.45) is 0 Å². The van der Waals surface area contributed by atoms with Gasteiger partial charge in [0.05, 0.1) is 6.54 Å². The quantitative estimate of drug-likeness (QED) is 0.841. The molecule has 1 amide bonds. The number of piperazine rings is 1. The molecule has 0 aromatic carbocycles. The van der Waals surface area contributed by atoms with Crippen LogP contribution in [0.4, 0.5) is 5.69 Å². The van der Waals surface area contributed by atoms with Crippen LogP contribution in [0.2, 0.25) is 0 Å². The number of pyridine rings is 1. The molecule has 1 saturated heterocycles. The van der Waals surface area contributed by atoms with Crippen LogP contribution in [-0.4, -0.2) is 78.6 Å². The number of aromatic nitrogens is 1. The fourth-order valence-corrected chi connectivity index (χ4v) is 2.32. The Morgan fingerprint density at radius 1 is 1.29 bits per heavy atom. The van der Waals surface area contributed by atoms with Gasteiger partial charge in [0.15, 0.2) is 0 Å². The average Bonchev–Trinajstić information content (AvgIpc) is 2.46. The Morgan fingerprint density at radius 3 is 2.52 bits per heavy atom. The maximum Gasteiger partial charge on any atom is 0.317 e. The molecule has 0 spiro atoms. The van der Waals surface area contributed by atoms with E-state index in [9.17, 15) is 9.59 Å². The summed E-state index contributed by atoms with van der Waals surface area (Å²) in [5, 5.41) is 8.79. The number of amides is 1. The van der Waals surface area contributed by atoms with Crippen LogP contribution < -0.4 is 4.90 Å². The summed E-state index contributed by atoms with van der Waals surface area (Å²) in [6.07, 6.45) is 1.63. The molecule has 1 N–H and O–H groups in total. The molecular weight excluding hydrogens is 272 g/mol. The molecule has 114 valence electrons. The van der Waals surface area contributed by atoms with Crippen molar-refractivity contribution in [3.8, 4) is 0 Å². The van der Waals surface area contributed by atoms with Gasteiger partial charge in [-0.25, -0.2) is 0 Å². The number of rotatable bonds is 4. The summed E-state index contributed by atoms with van der Waals surface area (Å²) in [5.74, 6) is -0.924. The predicted molar refractivity (Wildman–Crippen MR) is 78.5 cm³/mol. The summed E-state index contributed by atoms with van der Waals surface area (Å²) < 4.78 is 0. The maximum absolute atomic E-state index is 11.9. The van der Waals surface area contributed by atoms with Crippen molar-refractivity contribution in [3.63, 3.8) is 0 Å². The molecular formula is C14H20N4O3. The van der Waals surface area contributed by atoms with Crippen LogP contribution in [0, 0.1) is 0 Å². The van der Waals surface area contributed by atoms with Gasteiger partial charge in [0, 0.05) is 52.2 Å². The molecule has 0 unspecified atom stereocenters. The zero-order valence-electron chi connectivity index (χ0n) is 12.3. The lowest BCUT2D eigenvalue weighted by molar-refractivity contribution is -0.138. The molecule has 1 aliphatic heterocycles. The van der Waals surface area contributed by atoms with Crippen LogP contribution in [0.3, 0.4) is 0 Å². The molecule has 0 atom stereocenters. The van der Waals surface area contributed by atoms with E-state index in [1.165, 1.54) is 4.90 Å². The van der Waals surface area contributed by atoms with E-state index in [4.69, 9.17) is 5.11 Å². The van der Waals surface area contributed by atoms with Crippen molar-refractivity contribution in [2.45, 2.75) is 0 Å². The zero-order chi connectivity index (χ0) is 15.4. The van der Waals surface area contributed by atoms with Crippen LogP contribution in [0.5, 0.6) is 0 Å². The van der Waals surface area contributed by atoms with E-state index >= 15 is 0 Å². The number of carboxylic acids is 1. The van der Waals surface area contributed by atoms with Crippen molar-refractivity contribution in [3.05, 3.63) is 24.0 Å². The van der Waals surface area contributed by atoms with Crippen LogP contribution in [-0.2, 0) is 4.79 Å². The number of nitrogens with zero attached hydrogens (tertiary/aromatic N) is 4. The van der Waals surface area contributed by atoms with Gasteiger partial charge in [-0.3, -0.25) is 19.5 Å². The predicted octanol–water partition coefficient (Wildman–Crippen LogP) is -0.01000. The lowest BCUT2D eigenvalue weighted by Crippen LogP contribution is -2.48. The van der Waals surface area contributed by atoms with E-state index in [1.54, 1.807) is 26.4 Å². The summed E-state index contributed by atoms with van der Waals surface area (Å²) in [6.45, 7) is 2.96. The van der Waals surface area contributed by atoms with E-state index in [2.05, 4.69) is 9.88 Å². The number of anilines is 1. The first-order chi connectivity index (χ1) is 9.97. The molecule has 0 bridgehead atoms. The molecule has 7 heteroatoms. The second kappa shape index (κ2) is 6.53. The summed E-state index contributed by atoms with van der Waals surface area (Å²) in [4.78, 5) is 32.3. The smallest absolute Gasteiger partial charge is 0.317 e. The fraction of sp³-hybridized carbons (Fsp3) is 0.500. The minimum atomic E-state index is -0.800. The maximum atomic E-state index is 11.9. The molecule has 21 heavy (non-hydrogen) atoms. The summed E-state index contributed by atoms with van der Waals surface area (Å²) in [7, 11) is 3.39. The molecule has 0 saturated carbocycles. The highest BCUT2D eigenvalue weighted by Crippen LogP contribution is 2.17. The summed E-state index contributed by atoms with van der Waals surface area (Å²) in [5.41, 5.74) is 1.37. The monoisotopic (exact) mass is 292 g/mol. The van der Waals surface area contributed by atoms with E-state index < -0.39 is 5.97 Å². The van der Waals surface area contributed by atoms with Crippen LogP contribution in [0.1, 0.15) is 10.5 Å². The standard InChI is InChI=1S/C14H20N4O3/c1-16(2)14(21)12-9-11(3-4-15-12)18-7-5-17(6-8-18)10-13(19)20/h3-4,9H,5-8,10H2,1-2H3,(H,19,20). The highest BCUT2D eigenvalue weighted by molar-refractivity contribution is 5.92. The van der Waals surface area contributed by atoms with Gasteiger partial charge in [-0.2, -0.15) is 0 Å². The number of carbonyl (C=O) groups is 2. The highest BCUT2D eigenvalue weighted by Gasteiger charge is 2.20. The third-order valence-electron chi connectivity index (χ3n) is 3.47. The SMILES string of the molecule is CN(C)C(=O)c1cc(N2CCN(CC(=O)O)CC2)ccn1. The third-order valence-corrected chi connectivity index (χ3v) is 3.47. The largest absolute Gasteiger partial charge is 0.480 e. The van der Waals surface area contributed by atoms with Gasteiger partial charge in [0.25, 0.3) is 5.91 Å². The first-order valence-electron chi connectivity index (χ1n) is 6.84. The first-order valence-corrected chi connectivity index (χ1v) is 6.84. The van der Waals surface area contributed by atoms with Crippen molar-refractivity contribution in [1.29, 1.82) is 0 Å². The zero-order valence-corrected chi connectivity index (χ0v) is 12.3. The Kier molecular flexibility index (Phi) is 4.74. The van der Waals surface area contributed by atoms with Gasteiger partial charge in [0.2, 0.25) is 0 Å². The second-order valence-electron chi connectivity index (χ2n) is 5.26. The normalized spacial score (nSPS) is 15.8. The van der Waals surface area contributed by atoms with E-state index in [0.717, 1.165) is 18.8 Å². The number of hydrogen-bond acceptors (Lipinski definition) is 5. The highest BCUT2D eigenvalue weighted by atomic mass is 16.4. The molecule has 7 nitrogen and oxygen atoms in total. The van der Waals surface area contributed by atoms with Gasteiger partial charge >= 0.3 is 5.97 Å². The van der Waals surface area contributed by atoms with E-state index in [1.807, 2.05) is 11.0 Å². The minimum absolute atomic E-state index is 0.0779. The van der Waals surface area contributed by atoms with Crippen LogP contribution in [0.25, 0.3) is 0 Å². The van der Waals surface area contributed by atoms with E-state index in [0.29, 0.717) is 18.8 Å². The van der Waals surface area contributed by atoms with Gasteiger partial charge in [-0.1, -0.05) is 0 Å². The molecule has 2 heterocycles. The topological polar surface area (TPSA) is 77.0 Å². The van der Waals surface area contributed by atoms with Gasteiger partial charge in [-0.05, 0) is 12.1 Å². The molecule has 1 fully saturated rings. The number of carboxylic acid groups (broad SMARTS) is 1. The minimum Gasteiger partial charge on any atom is -0.480 e. The van der Waals surface area contributed by atoms with Gasteiger partial charge in [0.1, 0.15) is 5.69 Å². The van der Waals surface area contributed by atoms with Gasteiger partial charge < -0.3 is 14.9 Å². The average molecular weight is 292 g/mol. The molecule has 0 aliphatic carbocycles. The van der Waals surface area contributed by atoms with Crippen molar-refractivity contribution in [1.82, 2.24) is 14.8 Å². The molecule has 0 radical (unpaired) electrons. The molecule has 1 aromatic heterocycles. The van der Waals surface area contributed by atoms with Crippen molar-refractivity contribution >= 4 is 17.6 Å². The van der Waals surface area contributed by atoms with Crippen LogP contribution >= 0.6 is 0 Å². The Hall–Kier alpha value is -2.15. The van der Waals surface area contributed by atoms with Crippen molar-refractivity contribution in [2.75, 3.05) is 51.7 Å². The lowest BCUT2D eigenvalue weighted by Gasteiger charge is -2.35. The Balaban J connectivity index is 2.02. The van der Waals surface area contributed by atoms with E-state index in [-0.39, 0.29) is 12.5 Å². The molecule has 2 rings (SSSR count). The summed E-state index contributed by atoms with van der Waals surface area (Å²) in [6, 6.07) is 3.66. The lowest BCUT2D eigenvalue weighted by atomic mass is 10.2. The summed E-state index contributed by atoms with van der Waals surface area (Å²) >= 11 is 0. The Morgan fingerprint density at radius 2 is 1.95 bits per heavy atom. The molecule has 1 aliphatic rings. The second-order valence-corrected chi connectivity index (χ2v) is 5.26. The third kappa shape index (κ3) is 3.91. The Bertz CT molecular complexity index is 525. The number of hydrogen-bond donors (Lipinski definition) is 1. The fourth-order valence-electron chi connectivity index (χ4n) is 2.32. The van der Waals surface area contributed by atoms with Crippen molar-refractivity contribution < 1.29 is 14.7 Å². The molecule has 1 aromatic rings. The first kappa shape index (κ1) is 15.2.